The van der Waals surface area contributed by atoms with Crippen molar-refractivity contribution in [1.82, 2.24) is 24.8 Å². The molecule has 0 bridgehead atoms. The number of aliphatic hydroxyl groups excluding tert-OH is 1. The van der Waals surface area contributed by atoms with Gasteiger partial charge in [-0.2, -0.15) is 9.61 Å². The minimum Gasteiger partial charge on any atom is -0.391 e. The van der Waals surface area contributed by atoms with Crippen LogP contribution in [0.5, 0.6) is 0 Å². The van der Waals surface area contributed by atoms with E-state index in [2.05, 4.69) is 26.0 Å². The number of likely N-dealkylation sites (N-methyl/N-ethyl adjacent to an activating group) is 1. The first-order chi connectivity index (χ1) is 16.5. The van der Waals surface area contributed by atoms with Crippen molar-refractivity contribution in [2.45, 2.75) is 63.1 Å². The van der Waals surface area contributed by atoms with E-state index in [0.717, 1.165) is 38.5 Å². The molecular weight excluding hydrogens is 434 g/mol. The van der Waals surface area contributed by atoms with Crippen LogP contribution in [0.3, 0.4) is 0 Å². The van der Waals surface area contributed by atoms with Crippen molar-refractivity contribution in [3.63, 3.8) is 0 Å². The van der Waals surface area contributed by atoms with Crippen molar-refractivity contribution >= 4 is 29.5 Å². The predicted octanol–water partition coefficient (Wildman–Crippen LogP) is 2.30. The first-order valence-electron chi connectivity index (χ1n) is 11.9. The van der Waals surface area contributed by atoms with Crippen LogP contribution in [0.15, 0.2) is 36.3 Å². The van der Waals surface area contributed by atoms with Gasteiger partial charge in [0.15, 0.2) is 11.9 Å². The maximum absolute atomic E-state index is 12.9. The van der Waals surface area contributed by atoms with Crippen LogP contribution >= 0.6 is 0 Å². The summed E-state index contributed by atoms with van der Waals surface area (Å²) in [5.74, 6) is 0.853. The van der Waals surface area contributed by atoms with Crippen LogP contribution in [0.2, 0.25) is 0 Å². The molecule has 1 amide bonds. The van der Waals surface area contributed by atoms with Crippen molar-refractivity contribution in [3.05, 3.63) is 41.9 Å². The molecule has 2 fully saturated rings. The third kappa shape index (κ3) is 5.22. The fraction of sp³-hybridized carbons (Fsp3) is 0.500. The minimum atomic E-state index is -0.307. The minimum absolute atomic E-state index is 0.111. The molecule has 0 spiro atoms. The summed E-state index contributed by atoms with van der Waals surface area (Å²) < 4.78 is 1.57. The van der Waals surface area contributed by atoms with E-state index in [1.807, 2.05) is 18.1 Å². The molecule has 2 aliphatic rings. The second kappa shape index (κ2) is 10.7. The Hall–Kier alpha value is -3.40. The van der Waals surface area contributed by atoms with Crippen LogP contribution in [0.4, 0.5) is 11.6 Å². The van der Waals surface area contributed by atoms with Crippen LogP contribution in [-0.4, -0.2) is 69.1 Å². The summed E-state index contributed by atoms with van der Waals surface area (Å²) >= 11 is 0. The van der Waals surface area contributed by atoms with Crippen molar-refractivity contribution in [3.8, 4) is 0 Å². The Bertz CT molecular complexity index is 1090. The number of rotatable bonds is 9. The Labute approximate surface area is 199 Å². The second-order valence-corrected chi connectivity index (χ2v) is 8.96. The van der Waals surface area contributed by atoms with Gasteiger partial charge in [0.2, 0.25) is 0 Å². The van der Waals surface area contributed by atoms with Gasteiger partial charge in [-0.3, -0.25) is 9.59 Å². The third-order valence-corrected chi connectivity index (χ3v) is 6.63. The number of fused-ring (bicyclic) bond motifs is 1. The van der Waals surface area contributed by atoms with Gasteiger partial charge in [0, 0.05) is 26.2 Å². The molecule has 0 aromatic carbocycles. The van der Waals surface area contributed by atoms with Gasteiger partial charge < -0.3 is 26.0 Å². The van der Waals surface area contributed by atoms with Crippen LogP contribution < -0.4 is 16.0 Å². The van der Waals surface area contributed by atoms with E-state index < -0.39 is 0 Å². The van der Waals surface area contributed by atoms with E-state index in [1.165, 1.54) is 12.6 Å². The lowest BCUT2D eigenvalue weighted by molar-refractivity contribution is -0.104. The average molecular weight is 468 g/mol. The molecule has 2 aromatic heterocycles. The van der Waals surface area contributed by atoms with E-state index in [4.69, 9.17) is 0 Å². The van der Waals surface area contributed by atoms with E-state index in [-0.39, 0.29) is 24.1 Å². The van der Waals surface area contributed by atoms with Gasteiger partial charge in [0.25, 0.3) is 5.91 Å². The second-order valence-electron chi connectivity index (χ2n) is 8.96. The number of anilines is 2. The monoisotopic (exact) mass is 467 g/mol. The number of carbonyl (C=O) groups excluding carboxylic acids is 2. The molecule has 2 unspecified atom stereocenters. The van der Waals surface area contributed by atoms with Gasteiger partial charge in [-0.1, -0.05) is 19.3 Å². The largest absolute Gasteiger partial charge is 0.391 e. The number of aliphatic hydroxyl groups is 1. The first kappa shape index (κ1) is 23.7. The summed E-state index contributed by atoms with van der Waals surface area (Å²) in [4.78, 5) is 31.1. The maximum atomic E-state index is 12.9. The lowest BCUT2D eigenvalue weighted by atomic mass is 9.88. The van der Waals surface area contributed by atoms with E-state index in [9.17, 15) is 14.7 Å². The van der Waals surface area contributed by atoms with Crippen LogP contribution in [0, 0.1) is 0 Å². The van der Waals surface area contributed by atoms with E-state index in [0.29, 0.717) is 34.8 Å². The summed E-state index contributed by atoms with van der Waals surface area (Å²) in [6.45, 7) is 0. The number of allylic oxidation sites excluding steroid dienone is 3. The van der Waals surface area contributed by atoms with Gasteiger partial charge >= 0.3 is 0 Å². The van der Waals surface area contributed by atoms with Crippen LogP contribution in [0.25, 0.3) is 5.65 Å². The molecule has 4 N–H and O–H groups in total. The lowest BCUT2D eigenvalue weighted by Gasteiger charge is -2.38. The zero-order valence-corrected chi connectivity index (χ0v) is 19.7. The van der Waals surface area contributed by atoms with Crippen LogP contribution in [0.1, 0.15) is 55.3 Å². The highest BCUT2D eigenvalue weighted by atomic mass is 16.3. The third-order valence-electron chi connectivity index (χ3n) is 6.63. The van der Waals surface area contributed by atoms with Crippen LogP contribution in [-0.2, 0) is 4.79 Å². The molecule has 10 nitrogen and oxygen atoms in total. The van der Waals surface area contributed by atoms with Crippen molar-refractivity contribution in [2.75, 3.05) is 24.7 Å². The molecule has 34 heavy (non-hydrogen) atoms. The number of hydrogen-bond acceptors (Lipinski definition) is 8. The molecule has 4 rings (SSSR count). The molecule has 2 saturated carbocycles. The van der Waals surface area contributed by atoms with Gasteiger partial charge in [0.1, 0.15) is 17.2 Å². The number of amides is 1. The number of aldehydes is 1. The maximum Gasteiger partial charge on any atom is 0.256 e. The molecule has 2 aromatic rings. The molecule has 10 heteroatoms. The van der Waals surface area contributed by atoms with E-state index >= 15 is 0 Å². The molecule has 2 atom stereocenters. The Kier molecular flexibility index (Phi) is 7.46. The zero-order chi connectivity index (χ0) is 24.1. The quantitative estimate of drug-likeness (QED) is 0.252. The number of aromatic nitrogens is 3. The van der Waals surface area contributed by atoms with Gasteiger partial charge in [0.05, 0.1) is 24.0 Å². The summed E-state index contributed by atoms with van der Waals surface area (Å²) in [6, 6.07) is 2.01. The molecule has 0 radical (unpaired) electrons. The summed E-state index contributed by atoms with van der Waals surface area (Å²) in [6.07, 6.45) is 14.4. The Morgan fingerprint density at radius 1 is 1.24 bits per heavy atom. The fourth-order valence-corrected chi connectivity index (χ4v) is 4.47. The Morgan fingerprint density at radius 2 is 2.03 bits per heavy atom. The summed E-state index contributed by atoms with van der Waals surface area (Å²) in [5.41, 5.74) is 1.11. The highest BCUT2D eigenvalue weighted by Gasteiger charge is 2.30. The van der Waals surface area contributed by atoms with Gasteiger partial charge in [-0.25, -0.2) is 4.98 Å². The highest BCUT2D eigenvalue weighted by molar-refractivity contribution is 6.00. The number of carbonyl (C=O) groups is 2. The molecule has 2 aliphatic carbocycles. The van der Waals surface area contributed by atoms with Gasteiger partial charge in [-0.05, 0) is 44.0 Å². The SMILES string of the molecule is CNc1cc(N/C(C=O)=C/C=C\N(C)C2CCC2O)nc2c(C(=O)NC3CCCCC3)cnn12. The molecule has 0 aliphatic heterocycles. The summed E-state index contributed by atoms with van der Waals surface area (Å²) in [5, 5.41) is 23.3. The molecule has 2 heterocycles. The predicted molar refractivity (Wildman–Crippen MR) is 131 cm³/mol. The van der Waals surface area contributed by atoms with Crippen molar-refractivity contribution in [2.24, 2.45) is 0 Å². The molecule has 182 valence electrons. The zero-order valence-electron chi connectivity index (χ0n) is 19.7. The van der Waals surface area contributed by atoms with Crippen molar-refractivity contribution < 1.29 is 14.7 Å². The lowest BCUT2D eigenvalue weighted by Crippen LogP contribution is -2.46. The Morgan fingerprint density at radius 3 is 2.68 bits per heavy atom. The van der Waals surface area contributed by atoms with E-state index in [1.54, 1.807) is 29.8 Å². The molecule has 0 saturated heterocycles. The summed E-state index contributed by atoms with van der Waals surface area (Å²) in [7, 11) is 3.66. The number of nitrogens with zero attached hydrogens (tertiary/aromatic N) is 4. The normalized spacial score (nSPS) is 21.3. The molecular formula is C24H33N7O3. The topological polar surface area (TPSA) is 124 Å². The van der Waals surface area contributed by atoms with Crippen molar-refractivity contribution in [1.29, 1.82) is 0 Å². The highest BCUT2D eigenvalue weighted by Crippen LogP contribution is 2.25. The van der Waals surface area contributed by atoms with Gasteiger partial charge in [-0.15, -0.1) is 0 Å². The Balaban J connectivity index is 1.52. The first-order valence-corrected chi connectivity index (χ1v) is 11.9. The standard InChI is InChI=1S/C24H33N7O3/c1-25-22-13-21(27-17(15-32)9-6-12-30(2)19-10-11-20(19)33)29-23-18(14-26-31(22)23)24(34)28-16-7-4-3-5-8-16/h6,9,12-16,19-20,25,33H,3-5,7-8,10-11H2,1-2H3,(H,27,29)(H,28,34)/b12-6-,17-9+. The number of hydrogen-bond donors (Lipinski definition) is 4. The smallest absolute Gasteiger partial charge is 0.256 e. The average Bonchev–Trinajstić information content (AvgIpc) is 3.26. The fourth-order valence-electron chi connectivity index (χ4n) is 4.47. The number of nitrogens with one attached hydrogen (secondary N) is 3.